The SMILES string of the molecule is CC(N)C1CCCN(C(=O)c2ccccc2SCc2cccs2)C1.Cl. The van der Waals surface area contributed by atoms with E-state index in [-0.39, 0.29) is 24.4 Å². The minimum absolute atomic E-state index is 0. The van der Waals surface area contributed by atoms with Crippen molar-refractivity contribution in [3.63, 3.8) is 0 Å². The number of thioether (sulfide) groups is 1. The van der Waals surface area contributed by atoms with Crippen LogP contribution in [-0.4, -0.2) is 29.9 Å². The molecule has 0 radical (unpaired) electrons. The van der Waals surface area contributed by atoms with E-state index in [2.05, 4.69) is 23.6 Å². The Morgan fingerprint density at radius 1 is 1.36 bits per heavy atom. The van der Waals surface area contributed by atoms with Gasteiger partial charge in [-0.25, -0.2) is 0 Å². The lowest BCUT2D eigenvalue weighted by Gasteiger charge is -2.35. The number of benzene rings is 1. The van der Waals surface area contributed by atoms with Crippen molar-refractivity contribution in [2.45, 2.75) is 36.5 Å². The third-order valence-electron chi connectivity index (χ3n) is 4.56. The highest BCUT2D eigenvalue weighted by Crippen LogP contribution is 2.30. The Bertz CT molecular complexity index is 676. The summed E-state index contributed by atoms with van der Waals surface area (Å²) in [5, 5.41) is 2.09. The van der Waals surface area contributed by atoms with Gasteiger partial charge in [-0.2, -0.15) is 0 Å². The Morgan fingerprint density at radius 2 is 2.16 bits per heavy atom. The summed E-state index contributed by atoms with van der Waals surface area (Å²) in [7, 11) is 0. The van der Waals surface area contributed by atoms with Crippen molar-refractivity contribution in [1.29, 1.82) is 0 Å². The number of hydrogen-bond donors (Lipinski definition) is 1. The Kier molecular flexibility index (Phi) is 7.81. The number of nitrogens with zero attached hydrogens (tertiary/aromatic N) is 1. The van der Waals surface area contributed by atoms with Gasteiger partial charge in [0.1, 0.15) is 0 Å². The van der Waals surface area contributed by atoms with E-state index < -0.39 is 0 Å². The van der Waals surface area contributed by atoms with Crippen molar-refractivity contribution in [3.05, 3.63) is 52.2 Å². The smallest absolute Gasteiger partial charge is 0.254 e. The number of likely N-dealkylation sites (tertiary alicyclic amines) is 1. The highest BCUT2D eigenvalue weighted by atomic mass is 35.5. The van der Waals surface area contributed by atoms with Crippen LogP contribution in [0.5, 0.6) is 0 Å². The van der Waals surface area contributed by atoms with Gasteiger partial charge in [0, 0.05) is 34.7 Å². The van der Waals surface area contributed by atoms with Crippen molar-refractivity contribution in [3.8, 4) is 0 Å². The monoisotopic (exact) mass is 396 g/mol. The first-order chi connectivity index (χ1) is 11.6. The molecular weight excluding hydrogens is 372 g/mol. The van der Waals surface area contributed by atoms with Crippen LogP contribution >= 0.6 is 35.5 Å². The average molecular weight is 397 g/mol. The zero-order chi connectivity index (χ0) is 16.9. The predicted octanol–water partition coefficient (Wildman–Crippen LogP) is 4.66. The highest BCUT2D eigenvalue weighted by molar-refractivity contribution is 7.98. The van der Waals surface area contributed by atoms with E-state index in [0.29, 0.717) is 5.92 Å². The summed E-state index contributed by atoms with van der Waals surface area (Å²) in [4.78, 5) is 17.4. The lowest BCUT2D eigenvalue weighted by molar-refractivity contribution is 0.0657. The molecule has 3 nitrogen and oxygen atoms in total. The average Bonchev–Trinajstić information content (AvgIpc) is 3.13. The van der Waals surface area contributed by atoms with Crippen molar-refractivity contribution in [2.75, 3.05) is 13.1 Å². The van der Waals surface area contributed by atoms with Crippen LogP contribution in [0, 0.1) is 5.92 Å². The van der Waals surface area contributed by atoms with Crippen LogP contribution in [0.15, 0.2) is 46.7 Å². The molecule has 0 aliphatic carbocycles. The summed E-state index contributed by atoms with van der Waals surface area (Å²) in [6.45, 7) is 3.66. The molecule has 0 spiro atoms. The first kappa shape index (κ1) is 20.3. The van der Waals surface area contributed by atoms with Gasteiger partial charge in [0.05, 0.1) is 5.56 Å². The number of carbonyl (C=O) groups is 1. The van der Waals surface area contributed by atoms with Gasteiger partial charge < -0.3 is 10.6 Å². The second kappa shape index (κ2) is 9.62. The number of carbonyl (C=O) groups excluding carboxylic acids is 1. The van der Waals surface area contributed by atoms with Crippen LogP contribution in [0.4, 0.5) is 0 Å². The molecule has 6 heteroatoms. The molecule has 2 heterocycles. The van der Waals surface area contributed by atoms with Gasteiger partial charge in [0.25, 0.3) is 5.91 Å². The Balaban J connectivity index is 0.00000225. The highest BCUT2D eigenvalue weighted by Gasteiger charge is 2.27. The largest absolute Gasteiger partial charge is 0.338 e. The normalized spacial score (nSPS) is 18.5. The van der Waals surface area contributed by atoms with E-state index in [1.165, 1.54) is 4.88 Å². The molecule has 1 saturated heterocycles. The molecule has 3 rings (SSSR count). The summed E-state index contributed by atoms with van der Waals surface area (Å²) in [6.07, 6.45) is 2.17. The van der Waals surface area contributed by atoms with Crippen LogP contribution in [-0.2, 0) is 5.75 Å². The molecule has 25 heavy (non-hydrogen) atoms. The molecule has 1 amide bonds. The fraction of sp³-hybridized carbons (Fsp3) is 0.421. The molecule has 1 aromatic heterocycles. The second-order valence-corrected chi connectivity index (χ2v) is 8.43. The molecule has 2 N–H and O–H groups in total. The lowest BCUT2D eigenvalue weighted by atomic mass is 9.92. The molecule has 1 aliphatic rings. The second-order valence-electron chi connectivity index (χ2n) is 6.38. The van der Waals surface area contributed by atoms with E-state index in [0.717, 1.165) is 42.1 Å². The maximum Gasteiger partial charge on any atom is 0.254 e. The summed E-state index contributed by atoms with van der Waals surface area (Å²) in [5.41, 5.74) is 6.88. The van der Waals surface area contributed by atoms with Crippen molar-refractivity contribution in [1.82, 2.24) is 4.90 Å². The molecule has 0 bridgehead atoms. The van der Waals surface area contributed by atoms with Crippen LogP contribution in [0.1, 0.15) is 35.0 Å². The first-order valence-electron chi connectivity index (χ1n) is 8.44. The summed E-state index contributed by atoms with van der Waals surface area (Å²) in [5.74, 6) is 1.47. The van der Waals surface area contributed by atoms with Gasteiger partial charge in [0.15, 0.2) is 0 Å². The molecular formula is C19H25ClN2OS2. The Morgan fingerprint density at radius 3 is 2.88 bits per heavy atom. The van der Waals surface area contributed by atoms with E-state index in [1.54, 1.807) is 23.1 Å². The number of rotatable bonds is 5. The minimum Gasteiger partial charge on any atom is -0.338 e. The molecule has 136 valence electrons. The van der Waals surface area contributed by atoms with E-state index in [9.17, 15) is 4.79 Å². The molecule has 2 unspecified atom stereocenters. The number of hydrogen-bond acceptors (Lipinski definition) is 4. The van der Waals surface area contributed by atoms with E-state index in [4.69, 9.17) is 5.73 Å². The van der Waals surface area contributed by atoms with E-state index >= 15 is 0 Å². The van der Waals surface area contributed by atoms with E-state index in [1.807, 2.05) is 30.0 Å². The minimum atomic E-state index is 0. The molecule has 1 fully saturated rings. The number of thiophene rings is 1. The summed E-state index contributed by atoms with van der Waals surface area (Å²) in [6, 6.07) is 12.3. The van der Waals surface area contributed by atoms with Gasteiger partial charge >= 0.3 is 0 Å². The van der Waals surface area contributed by atoms with Crippen LogP contribution in [0.2, 0.25) is 0 Å². The van der Waals surface area contributed by atoms with Gasteiger partial charge in [-0.05, 0) is 49.3 Å². The summed E-state index contributed by atoms with van der Waals surface area (Å²) >= 11 is 3.50. The Labute approximate surface area is 164 Å². The standard InChI is InChI=1S/C19H24N2OS2.ClH/c1-14(20)15-6-4-10-21(12-15)19(22)17-8-2-3-9-18(17)24-13-16-7-5-11-23-16;/h2-3,5,7-9,11,14-15H,4,6,10,12-13,20H2,1H3;1H. The van der Waals surface area contributed by atoms with Crippen molar-refractivity contribution >= 4 is 41.4 Å². The number of amides is 1. The molecule has 0 saturated carbocycles. The molecule has 2 atom stereocenters. The third-order valence-corrected chi connectivity index (χ3v) is 6.74. The van der Waals surface area contributed by atoms with Crippen molar-refractivity contribution in [2.24, 2.45) is 11.7 Å². The predicted molar refractivity (Wildman–Crippen MR) is 110 cm³/mol. The number of piperidine rings is 1. The third kappa shape index (κ3) is 5.23. The van der Waals surface area contributed by atoms with Gasteiger partial charge in [-0.3, -0.25) is 4.79 Å². The maximum absolute atomic E-state index is 13.0. The van der Waals surface area contributed by atoms with Crippen molar-refractivity contribution < 1.29 is 4.79 Å². The first-order valence-corrected chi connectivity index (χ1v) is 10.3. The number of nitrogens with two attached hydrogens (primary N) is 1. The van der Waals surface area contributed by atoms with Crippen LogP contribution < -0.4 is 5.73 Å². The Hall–Kier alpha value is -1.01. The fourth-order valence-electron chi connectivity index (χ4n) is 3.11. The zero-order valence-electron chi connectivity index (χ0n) is 14.4. The molecule has 1 aliphatic heterocycles. The van der Waals surface area contributed by atoms with Crippen LogP contribution in [0.25, 0.3) is 0 Å². The maximum atomic E-state index is 13.0. The van der Waals surface area contributed by atoms with Crippen LogP contribution in [0.3, 0.4) is 0 Å². The van der Waals surface area contributed by atoms with Gasteiger partial charge in [-0.15, -0.1) is 35.5 Å². The molecule has 1 aromatic carbocycles. The molecule has 2 aromatic rings. The number of halogens is 1. The topological polar surface area (TPSA) is 46.3 Å². The lowest BCUT2D eigenvalue weighted by Crippen LogP contribution is -2.45. The summed E-state index contributed by atoms with van der Waals surface area (Å²) < 4.78 is 0. The quantitative estimate of drug-likeness (QED) is 0.747. The fourth-order valence-corrected chi connectivity index (χ4v) is 4.92. The van der Waals surface area contributed by atoms with Gasteiger partial charge in [0.2, 0.25) is 0 Å². The van der Waals surface area contributed by atoms with Gasteiger partial charge in [-0.1, -0.05) is 18.2 Å². The zero-order valence-corrected chi connectivity index (χ0v) is 16.8.